The summed E-state index contributed by atoms with van der Waals surface area (Å²) in [6.07, 6.45) is 5.93. The summed E-state index contributed by atoms with van der Waals surface area (Å²) in [6.45, 7) is 2.36. The molecule has 2 nitrogen and oxygen atoms in total. The van der Waals surface area contributed by atoms with Gasteiger partial charge in [-0.25, -0.2) is 0 Å². The van der Waals surface area contributed by atoms with Crippen molar-refractivity contribution in [3.63, 3.8) is 0 Å². The van der Waals surface area contributed by atoms with Crippen LogP contribution < -0.4 is 0 Å². The third-order valence-electron chi connectivity index (χ3n) is 4.54. The molecule has 3 aliphatic carbocycles. The van der Waals surface area contributed by atoms with E-state index in [-0.39, 0.29) is 5.79 Å². The monoisotopic (exact) mass is 180 g/mol. The van der Waals surface area contributed by atoms with Crippen LogP contribution in [0.1, 0.15) is 13.3 Å². The van der Waals surface area contributed by atoms with Gasteiger partial charge in [0.1, 0.15) is 0 Å². The van der Waals surface area contributed by atoms with Gasteiger partial charge in [0, 0.05) is 26.1 Å². The van der Waals surface area contributed by atoms with E-state index < -0.39 is 0 Å². The van der Waals surface area contributed by atoms with E-state index in [0.717, 1.165) is 5.92 Å². The molecule has 0 aromatic heterocycles. The number of rotatable bonds is 2. The maximum atomic E-state index is 5.62. The molecule has 2 heteroatoms. The number of ether oxygens (including phenoxy) is 2. The summed E-state index contributed by atoms with van der Waals surface area (Å²) in [4.78, 5) is 0. The van der Waals surface area contributed by atoms with Gasteiger partial charge in [-0.1, -0.05) is 19.1 Å². The van der Waals surface area contributed by atoms with Gasteiger partial charge in [0.05, 0.1) is 0 Å². The largest absolute Gasteiger partial charge is 0.352 e. The fraction of sp³-hybridized carbons (Fsp3) is 0.818. The van der Waals surface area contributed by atoms with Gasteiger partial charge in [-0.15, -0.1) is 0 Å². The predicted molar refractivity (Wildman–Crippen MR) is 49.1 cm³/mol. The van der Waals surface area contributed by atoms with E-state index in [1.54, 1.807) is 14.2 Å². The first-order chi connectivity index (χ1) is 6.19. The summed E-state index contributed by atoms with van der Waals surface area (Å²) in [5, 5.41) is 0. The lowest BCUT2D eigenvalue weighted by Gasteiger charge is -2.35. The van der Waals surface area contributed by atoms with E-state index in [9.17, 15) is 0 Å². The Morgan fingerprint density at radius 1 is 1.23 bits per heavy atom. The Morgan fingerprint density at radius 2 is 1.92 bits per heavy atom. The van der Waals surface area contributed by atoms with Crippen molar-refractivity contribution in [2.45, 2.75) is 19.1 Å². The zero-order chi connectivity index (χ0) is 9.27. The van der Waals surface area contributed by atoms with Gasteiger partial charge in [0.25, 0.3) is 0 Å². The molecule has 0 N–H and O–H groups in total. The molecule has 0 heterocycles. The SMILES string of the molecule is COC1(OC)[C@H]2C=C[C@@H]1[C@]1(C)C[C@H]21. The van der Waals surface area contributed by atoms with Crippen LogP contribution in [-0.2, 0) is 9.47 Å². The Morgan fingerprint density at radius 3 is 2.31 bits per heavy atom. The average molecular weight is 180 g/mol. The van der Waals surface area contributed by atoms with Crippen LogP contribution in [0.15, 0.2) is 12.2 Å². The number of hydrogen-bond donors (Lipinski definition) is 0. The van der Waals surface area contributed by atoms with E-state index >= 15 is 0 Å². The Kier molecular flexibility index (Phi) is 1.24. The lowest BCUT2D eigenvalue weighted by atomic mass is 9.90. The summed E-state index contributed by atoms with van der Waals surface area (Å²) in [5.41, 5.74) is 0.478. The van der Waals surface area contributed by atoms with Gasteiger partial charge in [-0.3, -0.25) is 0 Å². The molecule has 4 atom stereocenters. The van der Waals surface area contributed by atoms with Crippen molar-refractivity contribution in [3.05, 3.63) is 12.2 Å². The Bertz CT molecular complexity index is 280. The van der Waals surface area contributed by atoms with Gasteiger partial charge in [0.2, 0.25) is 0 Å². The van der Waals surface area contributed by atoms with Crippen molar-refractivity contribution >= 4 is 0 Å². The van der Waals surface area contributed by atoms with Crippen LogP contribution in [0.4, 0.5) is 0 Å². The van der Waals surface area contributed by atoms with Crippen LogP contribution in [0.2, 0.25) is 0 Å². The molecule has 0 radical (unpaired) electrons. The van der Waals surface area contributed by atoms with Crippen LogP contribution in [0, 0.1) is 23.2 Å². The van der Waals surface area contributed by atoms with E-state index in [1.165, 1.54) is 6.42 Å². The summed E-state index contributed by atoms with van der Waals surface area (Å²) in [5.74, 6) is 1.46. The van der Waals surface area contributed by atoms with Crippen molar-refractivity contribution in [1.29, 1.82) is 0 Å². The molecule has 2 bridgehead atoms. The molecular formula is C11H16O2. The van der Waals surface area contributed by atoms with Crippen LogP contribution in [0.5, 0.6) is 0 Å². The lowest BCUT2D eigenvalue weighted by Crippen LogP contribution is -2.42. The van der Waals surface area contributed by atoms with Gasteiger partial charge < -0.3 is 9.47 Å². The normalized spacial score (nSPS) is 53.9. The topological polar surface area (TPSA) is 18.5 Å². The van der Waals surface area contributed by atoms with Crippen molar-refractivity contribution in [3.8, 4) is 0 Å². The number of fused-ring (bicyclic) bond motifs is 5. The van der Waals surface area contributed by atoms with Crippen molar-refractivity contribution in [2.24, 2.45) is 23.2 Å². The average Bonchev–Trinajstić information content (AvgIpc) is 2.67. The summed E-state index contributed by atoms with van der Waals surface area (Å²) in [6, 6.07) is 0. The second kappa shape index (κ2) is 2.01. The second-order valence-electron chi connectivity index (χ2n) is 4.83. The summed E-state index contributed by atoms with van der Waals surface area (Å²) < 4.78 is 11.2. The zero-order valence-electron chi connectivity index (χ0n) is 8.41. The van der Waals surface area contributed by atoms with Crippen molar-refractivity contribution in [1.82, 2.24) is 0 Å². The van der Waals surface area contributed by atoms with Gasteiger partial charge in [0.15, 0.2) is 5.79 Å². The smallest absolute Gasteiger partial charge is 0.180 e. The van der Waals surface area contributed by atoms with Gasteiger partial charge >= 0.3 is 0 Å². The number of methoxy groups -OCH3 is 2. The lowest BCUT2D eigenvalue weighted by molar-refractivity contribution is -0.241. The van der Waals surface area contributed by atoms with Gasteiger partial charge in [-0.05, 0) is 17.8 Å². The van der Waals surface area contributed by atoms with E-state index in [4.69, 9.17) is 9.47 Å². The predicted octanol–water partition coefficient (Wildman–Crippen LogP) is 1.82. The molecular weight excluding hydrogens is 164 g/mol. The molecule has 0 aliphatic heterocycles. The molecule has 13 heavy (non-hydrogen) atoms. The Hall–Kier alpha value is -0.340. The molecule has 0 spiro atoms. The summed E-state index contributed by atoms with van der Waals surface area (Å²) in [7, 11) is 3.54. The van der Waals surface area contributed by atoms with E-state index in [1.807, 2.05) is 0 Å². The first-order valence-corrected chi connectivity index (χ1v) is 4.97. The van der Waals surface area contributed by atoms with Crippen molar-refractivity contribution < 1.29 is 9.47 Å². The van der Waals surface area contributed by atoms with Crippen LogP contribution in [0.25, 0.3) is 0 Å². The van der Waals surface area contributed by atoms with Crippen molar-refractivity contribution in [2.75, 3.05) is 14.2 Å². The minimum atomic E-state index is -0.322. The molecule has 72 valence electrons. The van der Waals surface area contributed by atoms with E-state index in [2.05, 4.69) is 19.1 Å². The van der Waals surface area contributed by atoms with Gasteiger partial charge in [-0.2, -0.15) is 0 Å². The molecule has 0 aromatic rings. The Labute approximate surface area is 78.9 Å². The standard InChI is InChI=1S/C11H16O2/c1-10-6-8(10)7-4-5-9(10)11(7,12-2)13-3/h4-5,7-9H,6H2,1-3H3/t7-,8+,9+,10+/m0/s1. The second-order valence-corrected chi connectivity index (χ2v) is 4.83. The van der Waals surface area contributed by atoms with E-state index in [0.29, 0.717) is 17.3 Å². The molecule has 2 fully saturated rings. The molecule has 3 rings (SSSR count). The Balaban J connectivity index is 2.04. The molecule has 0 saturated heterocycles. The minimum Gasteiger partial charge on any atom is -0.352 e. The third kappa shape index (κ3) is 0.627. The highest BCUT2D eigenvalue weighted by Gasteiger charge is 2.76. The molecule has 0 amide bonds. The molecule has 0 aromatic carbocycles. The molecule has 2 saturated carbocycles. The summed E-state index contributed by atoms with van der Waals surface area (Å²) >= 11 is 0. The highest BCUT2D eigenvalue weighted by molar-refractivity contribution is 5.33. The molecule has 3 aliphatic rings. The molecule has 0 unspecified atom stereocenters. The highest BCUT2D eigenvalue weighted by atomic mass is 16.7. The minimum absolute atomic E-state index is 0.322. The maximum absolute atomic E-state index is 5.62. The van der Waals surface area contributed by atoms with Crippen LogP contribution in [0.3, 0.4) is 0 Å². The fourth-order valence-electron chi connectivity index (χ4n) is 3.72. The quantitative estimate of drug-likeness (QED) is 0.476. The van der Waals surface area contributed by atoms with Crippen LogP contribution >= 0.6 is 0 Å². The third-order valence-corrected chi connectivity index (χ3v) is 4.54. The van der Waals surface area contributed by atoms with Crippen LogP contribution in [-0.4, -0.2) is 20.0 Å². The highest BCUT2D eigenvalue weighted by Crippen LogP contribution is 2.75. The maximum Gasteiger partial charge on any atom is 0.180 e. The first-order valence-electron chi connectivity index (χ1n) is 4.97. The number of hydrogen-bond acceptors (Lipinski definition) is 2. The first kappa shape index (κ1) is 8.01. The fourth-order valence-corrected chi connectivity index (χ4v) is 3.72. The zero-order valence-corrected chi connectivity index (χ0v) is 8.41.